The first-order chi connectivity index (χ1) is 12.1. The summed E-state index contributed by atoms with van der Waals surface area (Å²) in [6, 6.07) is 4.84. The zero-order valence-electron chi connectivity index (χ0n) is 14.3. The van der Waals surface area contributed by atoms with Crippen LogP contribution in [0.4, 0.5) is 18.9 Å². The van der Waals surface area contributed by atoms with Gasteiger partial charge in [-0.3, -0.25) is 15.6 Å². The van der Waals surface area contributed by atoms with Crippen molar-refractivity contribution in [3.8, 4) is 0 Å². The van der Waals surface area contributed by atoms with Crippen LogP contribution in [0, 0.1) is 17.3 Å². The van der Waals surface area contributed by atoms with Crippen LogP contribution in [-0.2, 0) is 11.0 Å². The SMILES string of the molecule is O=C(CC12CC3CC(CC(Br)(C3)C1)C2)NNc1cccc(C(F)(F)F)c1. The molecule has 4 aliphatic carbocycles. The Morgan fingerprint density at radius 2 is 1.88 bits per heavy atom. The highest BCUT2D eigenvalue weighted by molar-refractivity contribution is 9.10. The van der Waals surface area contributed by atoms with E-state index in [2.05, 4.69) is 26.8 Å². The molecule has 0 saturated heterocycles. The van der Waals surface area contributed by atoms with Crippen molar-refractivity contribution in [2.24, 2.45) is 17.3 Å². The van der Waals surface area contributed by atoms with E-state index in [0.29, 0.717) is 18.3 Å². The predicted molar refractivity (Wildman–Crippen MR) is 96.6 cm³/mol. The highest BCUT2D eigenvalue weighted by Gasteiger charge is 2.57. The number of benzene rings is 1. The third kappa shape index (κ3) is 3.59. The molecule has 0 aromatic heterocycles. The van der Waals surface area contributed by atoms with Crippen LogP contribution in [0.3, 0.4) is 0 Å². The van der Waals surface area contributed by atoms with Crippen molar-refractivity contribution in [1.82, 2.24) is 5.43 Å². The van der Waals surface area contributed by atoms with Gasteiger partial charge in [0.05, 0.1) is 11.3 Å². The number of nitrogens with one attached hydrogen (secondary N) is 2. The minimum Gasteiger partial charge on any atom is -0.299 e. The fourth-order valence-electron chi connectivity index (χ4n) is 5.84. The lowest BCUT2D eigenvalue weighted by Gasteiger charge is -2.60. The maximum atomic E-state index is 12.8. The molecule has 26 heavy (non-hydrogen) atoms. The van der Waals surface area contributed by atoms with E-state index in [1.54, 1.807) is 0 Å². The van der Waals surface area contributed by atoms with Crippen molar-refractivity contribution in [2.75, 3.05) is 5.43 Å². The van der Waals surface area contributed by atoms with Gasteiger partial charge in [-0.15, -0.1) is 0 Å². The molecule has 4 fully saturated rings. The Balaban J connectivity index is 1.38. The Morgan fingerprint density at radius 3 is 2.50 bits per heavy atom. The Kier molecular flexibility index (Phi) is 4.29. The number of hydrazine groups is 1. The molecule has 1 aromatic carbocycles. The molecule has 3 nitrogen and oxygen atoms in total. The van der Waals surface area contributed by atoms with Gasteiger partial charge in [0.15, 0.2) is 0 Å². The van der Waals surface area contributed by atoms with Gasteiger partial charge in [-0.05, 0) is 74.0 Å². The lowest BCUT2D eigenvalue weighted by atomic mass is 9.48. The highest BCUT2D eigenvalue weighted by Crippen LogP contribution is 2.65. The van der Waals surface area contributed by atoms with Gasteiger partial charge in [-0.25, -0.2) is 0 Å². The van der Waals surface area contributed by atoms with Crippen LogP contribution in [0.25, 0.3) is 0 Å². The third-order valence-corrected chi connectivity index (χ3v) is 7.11. The Hall–Kier alpha value is -1.24. The van der Waals surface area contributed by atoms with Crippen LogP contribution >= 0.6 is 15.9 Å². The van der Waals surface area contributed by atoms with E-state index in [1.807, 2.05) is 0 Å². The molecule has 2 unspecified atom stereocenters. The Labute approximate surface area is 159 Å². The summed E-state index contributed by atoms with van der Waals surface area (Å²) in [5.74, 6) is 1.24. The number of rotatable bonds is 4. The number of carbonyl (C=O) groups excluding carboxylic acids is 1. The smallest absolute Gasteiger partial charge is 0.299 e. The van der Waals surface area contributed by atoms with Crippen molar-refractivity contribution >= 4 is 27.5 Å². The fraction of sp³-hybridized carbons (Fsp3) is 0.632. The fourth-order valence-corrected chi connectivity index (χ4v) is 7.35. The largest absolute Gasteiger partial charge is 0.416 e. The van der Waals surface area contributed by atoms with Crippen LogP contribution in [0.2, 0.25) is 0 Å². The van der Waals surface area contributed by atoms with Gasteiger partial charge in [-0.1, -0.05) is 22.0 Å². The zero-order chi connectivity index (χ0) is 18.6. The normalized spacial score (nSPS) is 35.4. The van der Waals surface area contributed by atoms with E-state index in [4.69, 9.17) is 0 Å². The van der Waals surface area contributed by atoms with Crippen LogP contribution in [0.15, 0.2) is 24.3 Å². The molecule has 4 saturated carbocycles. The van der Waals surface area contributed by atoms with Crippen molar-refractivity contribution in [3.63, 3.8) is 0 Å². The second-order valence-corrected chi connectivity index (χ2v) is 10.2. The van der Waals surface area contributed by atoms with Crippen molar-refractivity contribution in [1.29, 1.82) is 0 Å². The third-order valence-electron chi connectivity index (χ3n) is 6.18. The molecule has 0 heterocycles. The first-order valence-electron chi connectivity index (χ1n) is 9.06. The summed E-state index contributed by atoms with van der Waals surface area (Å²) in [6.07, 6.45) is 2.92. The van der Waals surface area contributed by atoms with Gasteiger partial charge < -0.3 is 0 Å². The van der Waals surface area contributed by atoms with E-state index >= 15 is 0 Å². The molecule has 142 valence electrons. The van der Waals surface area contributed by atoms with E-state index in [0.717, 1.165) is 31.4 Å². The number of amides is 1. The minimum absolute atomic E-state index is 0.0349. The predicted octanol–water partition coefficient (Wildman–Crippen LogP) is 5.27. The monoisotopic (exact) mass is 430 g/mol. The Bertz CT molecular complexity index is 707. The minimum atomic E-state index is -4.40. The maximum Gasteiger partial charge on any atom is 0.416 e. The Morgan fingerprint density at radius 1 is 1.19 bits per heavy atom. The average molecular weight is 431 g/mol. The number of halogens is 4. The number of anilines is 1. The van der Waals surface area contributed by atoms with Crippen molar-refractivity contribution < 1.29 is 18.0 Å². The van der Waals surface area contributed by atoms with Crippen molar-refractivity contribution in [2.45, 2.75) is 55.4 Å². The summed E-state index contributed by atoms with van der Waals surface area (Å²) in [4.78, 5) is 12.5. The summed E-state index contributed by atoms with van der Waals surface area (Å²) in [5, 5.41) is 0. The van der Waals surface area contributed by atoms with E-state index in [9.17, 15) is 18.0 Å². The second-order valence-electron chi connectivity index (χ2n) is 8.54. The van der Waals surface area contributed by atoms with Gasteiger partial charge in [0, 0.05) is 10.7 Å². The maximum absolute atomic E-state index is 12.8. The molecule has 2 atom stereocenters. The number of hydrogen-bond donors (Lipinski definition) is 2. The highest BCUT2D eigenvalue weighted by atomic mass is 79.9. The summed E-state index contributed by atoms with van der Waals surface area (Å²) in [7, 11) is 0. The van der Waals surface area contributed by atoms with Gasteiger partial charge in [0.2, 0.25) is 5.91 Å². The van der Waals surface area contributed by atoms with Crippen LogP contribution < -0.4 is 10.9 Å². The number of alkyl halides is 4. The van der Waals surface area contributed by atoms with Gasteiger partial charge >= 0.3 is 6.18 Å². The van der Waals surface area contributed by atoms with Crippen LogP contribution in [0.5, 0.6) is 0 Å². The summed E-state index contributed by atoms with van der Waals surface area (Å²) in [6.45, 7) is 0. The molecular formula is C19H22BrF3N2O. The first kappa shape index (κ1) is 18.1. The van der Waals surface area contributed by atoms with Crippen LogP contribution in [-0.4, -0.2) is 10.2 Å². The van der Waals surface area contributed by atoms with Crippen molar-refractivity contribution in [3.05, 3.63) is 29.8 Å². The standard InChI is InChI=1S/C19H22BrF3N2O/c20-18-8-12-4-13(9-18)7-17(6-12,11-18)10-16(26)25-24-15-3-1-2-14(5-15)19(21,22)23/h1-3,5,12-13,24H,4,6-11H2,(H,25,26). The molecule has 7 heteroatoms. The van der Waals surface area contributed by atoms with Gasteiger partial charge in [0.25, 0.3) is 0 Å². The zero-order valence-corrected chi connectivity index (χ0v) is 15.9. The van der Waals surface area contributed by atoms with Gasteiger partial charge in [0.1, 0.15) is 0 Å². The topological polar surface area (TPSA) is 41.1 Å². The molecule has 0 radical (unpaired) electrons. The molecule has 5 rings (SSSR count). The summed E-state index contributed by atoms with van der Waals surface area (Å²) >= 11 is 3.93. The summed E-state index contributed by atoms with van der Waals surface area (Å²) in [5.41, 5.74) is 4.76. The molecule has 2 N–H and O–H groups in total. The number of carbonyl (C=O) groups is 1. The molecule has 1 amide bonds. The quantitative estimate of drug-likeness (QED) is 0.504. The average Bonchev–Trinajstić information content (AvgIpc) is 2.49. The van der Waals surface area contributed by atoms with Gasteiger partial charge in [-0.2, -0.15) is 13.2 Å². The molecular weight excluding hydrogens is 409 g/mol. The second kappa shape index (κ2) is 6.14. The summed E-state index contributed by atoms with van der Waals surface area (Å²) < 4.78 is 38.5. The molecule has 4 aliphatic rings. The number of hydrogen-bond acceptors (Lipinski definition) is 2. The lowest BCUT2D eigenvalue weighted by Crippen LogP contribution is -2.54. The molecule has 4 bridgehead atoms. The molecule has 1 aromatic rings. The molecule has 0 spiro atoms. The first-order valence-corrected chi connectivity index (χ1v) is 9.85. The van der Waals surface area contributed by atoms with E-state index in [1.165, 1.54) is 31.4 Å². The van der Waals surface area contributed by atoms with E-state index < -0.39 is 11.7 Å². The lowest BCUT2D eigenvalue weighted by molar-refractivity contribution is -0.137. The van der Waals surface area contributed by atoms with E-state index in [-0.39, 0.29) is 21.3 Å². The van der Waals surface area contributed by atoms with Crippen LogP contribution in [0.1, 0.15) is 50.5 Å². The molecule has 0 aliphatic heterocycles.